The van der Waals surface area contributed by atoms with E-state index in [4.69, 9.17) is 4.98 Å². The second kappa shape index (κ2) is 7.04. The monoisotopic (exact) mass is 339 g/mol. The molecule has 0 aromatic carbocycles. The average Bonchev–Trinajstić information content (AvgIpc) is 3.41. The molecule has 2 aromatic rings. The largest absolute Gasteiger partial charge is 0.393 e. The highest BCUT2D eigenvalue weighted by Crippen LogP contribution is 2.34. The third-order valence-electron chi connectivity index (χ3n) is 5.13. The van der Waals surface area contributed by atoms with Gasteiger partial charge in [-0.2, -0.15) is 0 Å². The summed E-state index contributed by atoms with van der Waals surface area (Å²) in [5.41, 5.74) is 2.99. The summed E-state index contributed by atoms with van der Waals surface area (Å²) in [7, 11) is 0. The Morgan fingerprint density at radius 1 is 1.08 bits per heavy atom. The molecule has 0 amide bonds. The maximum absolute atomic E-state index is 9.64. The Hall–Kier alpha value is -2.08. The SMILES string of the molecule is Cc1ncc(-c2ccnc(NC3CCC(O)CC3)n2)c(CC2CC2)n1. The lowest BCUT2D eigenvalue weighted by Gasteiger charge is -2.26. The normalized spacial score (nSPS) is 23.4. The first-order valence-corrected chi connectivity index (χ1v) is 9.28. The molecular weight excluding hydrogens is 314 g/mol. The Kier molecular flexibility index (Phi) is 4.61. The van der Waals surface area contributed by atoms with Crippen molar-refractivity contribution in [2.24, 2.45) is 5.92 Å². The lowest BCUT2D eigenvalue weighted by molar-refractivity contribution is 0.126. The van der Waals surface area contributed by atoms with Gasteiger partial charge in [-0.1, -0.05) is 0 Å². The maximum atomic E-state index is 9.64. The predicted molar refractivity (Wildman–Crippen MR) is 96.1 cm³/mol. The zero-order valence-electron chi connectivity index (χ0n) is 14.6. The Morgan fingerprint density at radius 2 is 1.88 bits per heavy atom. The Balaban J connectivity index is 1.54. The zero-order valence-corrected chi connectivity index (χ0v) is 14.6. The number of anilines is 1. The smallest absolute Gasteiger partial charge is 0.223 e. The molecule has 0 radical (unpaired) electrons. The zero-order chi connectivity index (χ0) is 17.2. The number of nitrogens with zero attached hydrogens (tertiary/aromatic N) is 4. The van der Waals surface area contributed by atoms with Gasteiger partial charge in [0.05, 0.1) is 17.5 Å². The van der Waals surface area contributed by atoms with E-state index in [2.05, 4.69) is 20.3 Å². The fraction of sp³-hybridized carbons (Fsp3) is 0.579. The minimum absolute atomic E-state index is 0.153. The highest BCUT2D eigenvalue weighted by Gasteiger charge is 2.25. The van der Waals surface area contributed by atoms with Gasteiger partial charge in [0.2, 0.25) is 5.95 Å². The van der Waals surface area contributed by atoms with E-state index >= 15 is 0 Å². The van der Waals surface area contributed by atoms with Gasteiger partial charge in [0.25, 0.3) is 0 Å². The van der Waals surface area contributed by atoms with E-state index < -0.39 is 0 Å². The van der Waals surface area contributed by atoms with E-state index in [0.717, 1.165) is 60.8 Å². The molecule has 2 N–H and O–H groups in total. The van der Waals surface area contributed by atoms with Crippen molar-refractivity contribution in [3.8, 4) is 11.3 Å². The van der Waals surface area contributed by atoms with Crippen LogP contribution in [0.2, 0.25) is 0 Å². The Labute approximate surface area is 148 Å². The fourth-order valence-electron chi connectivity index (χ4n) is 3.46. The summed E-state index contributed by atoms with van der Waals surface area (Å²) in [6.45, 7) is 1.94. The van der Waals surface area contributed by atoms with E-state index in [1.54, 1.807) is 6.20 Å². The third-order valence-corrected chi connectivity index (χ3v) is 5.13. The van der Waals surface area contributed by atoms with E-state index in [0.29, 0.717) is 12.0 Å². The van der Waals surface area contributed by atoms with Gasteiger partial charge in [-0.3, -0.25) is 0 Å². The molecule has 6 heteroatoms. The molecule has 0 aliphatic heterocycles. The number of hydrogen-bond acceptors (Lipinski definition) is 6. The second-order valence-electron chi connectivity index (χ2n) is 7.34. The molecular formula is C19H25N5O. The quantitative estimate of drug-likeness (QED) is 0.871. The number of nitrogens with one attached hydrogen (secondary N) is 1. The van der Waals surface area contributed by atoms with E-state index in [-0.39, 0.29) is 6.10 Å². The first kappa shape index (κ1) is 16.4. The van der Waals surface area contributed by atoms with Crippen LogP contribution < -0.4 is 5.32 Å². The predicted octanol–water partition coefficient (Wildman–Crippen LogP) is 2.91. The van der Waals surface area contributed by atoms with Crippen molar-refractivity contribution in [1.82, 2.24) is 19.9 Å². The lowest BCUT2D eigenvalue weighted by Crippen LogP contribution is -2.28. The molecule has 4 rings (SSSR count). The molecule has 2 fully saturated rings. The van der Waals surface area contributed by atoms with Crippen LogP contribution in [0.25, 0.3) is 11.3 Å². The van der Waals surface area contributed by atoms with Gasteiger partial charge in [0.1, 0.15) is 5.82 Å². The van der Waals surface area contributed by atoms with Gasteiger partial charge in [-0.25, -0.2) is 19.9 Å². The molecule has 132 valence electrons. The molecule has 2 aliphatic carbocycles. The highest BCUT2D eigenvalue weighted by molar-refractivity contribution is 5.62. The fourth-order valence-corrected chi connectivity index (χ4v) is 3.46. The van der Waals surface area contributed by atoms with Crippen molar-refractivity contribution >= 4 is 5.95 Å². The standard InChI is InChI=1S/C19H25N5O/c1-12-21-11-16(18(22-12)10-13-2-3-13)17-8-9-20-19(24-17)23-14-4-6-15(25)7-5-14/h8-9,11,13-15,25H,2-7,10H2,1H3,(H,20,23,24). The summed E-state index contributed by atoms with van der Waals surface area (Å²) in [5, 5.41) is 13.1. The minimum atomic E-state index is -0.153. The summed E-state index contributed by atoms with van der Waals surface area (Å²) in [4.78, 5) is 18.1. The van der Waals surface area contributed by atoms with Gasteiger partial charge in [0.15, 0.2) is 0 Å². The summed E-state index contributed by atoms with van der Waals surface area (Å²) < 4.78 is 0. The molecule has 0 bridgehead atoms. The van der Waals surface area contributed by atoms with Gasteiger partial charge in [-0.05, 0) is 63.9 Å². The Morgan fingerprint density at radius 3 is 2.64 bits per heavy atom. The molecule has 25 heavy (non-hydrogen) atoms. The summed E-state index contributed by atoms with van der Waals surface area (Å²) in [6.07, 6.45) is 10.7. The van der Waals surface area contributed by atoms with Gasteiger partial charge < -0.3 is 10.4 Å². The number of aliphatic hydroxyl groups is 1. The molecule has 6 nitrogen and oxygen atoms in total. The van der Waals surface area contributed by atoms with E-state index in [1.165, 1.54) is 12.8 Å². The summed E-state index contributed by atoms with van der Waals surface area (Å²) in [5.74, 6) is 2.23. The van der Waals surface area contributed by atoms with Crippen molar-refractivity contribution < 1.29 is 5.11 Å². The van der Waals surface area contributed by atoms with Crippen LogP contribution >= 0.6 is 0 Å². The molecule has 0 unspecified atom stereocenters. The van der Waals surface area contributed by atoms with Crippen LogP contribution in [0.4, 0.5) is 5.95 Å². The topological polar surface area (TPSA) is 83.8 Å². The summed E-state index contributed by atoms with van der Waals surface area (Å²) >= 11 is 0. The second-order valence-corrected chi connectivity index (χ2v) is 7.34. The number of rotatable bonds is 5. The lowest BCUT2D eigenvalue weighted by atomic mass is 9.93. The van der Waals surface area contributed by atoms with Crippen LogP contribution in [0.3, 0.4) is 0 Å². The van der Waals surface area contributed by atoms with Crippen LogP contribution in [0, 0.1) is 12.8 Å². The number of aliphatic hydroxyl groups excluding tert-OH is 1. The maximum Gasteiger partial charge on any atom is 0.223 e. The molecule has 0 spiro atoms. The van der Waals surface area contributed by atoms with Crippen LogP contribution in [-0.2, 0) is 6.42 Å². The minimum Gasteiger partial charge on any atom is -0.393 e. The third kappa shape index (κ3) is 4.12. The number of hydrogen-bond donors (Lipinski definition) is 2. The van der Waals surface area contributed by atoms with E-state index in [9.17, 15) is 5.11 Å². The van der Waals surface area contributed by atoms with Gasteiger partial charge in [0, 0.05) is 24.0 Å². The molecule has 2 heterocycles. The molecule has 2 aromatic heterocycles. The van der Waals surface area contributed by atoms with Crippen LogP contribution in [-0.4, -0.2) is 37.2 Å². The molecule has 0 atom stereocenters. The van der Waals surface area contributed by atoms with Crippen LogP contribution in [0.1, 0.15) is 50.0 Å². The Bertz CT molecular complexity index is 738. The molecule has 2 saturated carbocycles. The number of aromatic nitrogens is 4. The van der Waals surface area contributed by atoms with Crippen molar-refractivity contribution in [3.05, 3.63) is 30.0 Å². The van der Waals surface area contributed by atoms with Crippen LogP contribution in [0.5, 0.6) is 0 Å². The summed E-state index contributed by atoms with van der Waals surface area (Å²) in [6, 6.07) is 2.26. The van der Waals surface area contributed by atoms with Crippen molar-refractivity contribution in [3.63, 3.8) is 0 Å². The highest BCUT2D eigenvalue weighted by atomic mass is 16.3. The first-order valence-electron chi connectivity index (χ1n) is 9.28. The van der Waals surface area contributed by atoms with Crippen molar-refractivity contribution in [2.45, 2.75) is 64.0 Å². The molecule has 0 saturated heterocycles. The first-order chi connectivity index (χ1) is 12.2. The van der Waals surface area contributed by atoms with Gasteiger partial charge in [-0.15, -0.1) is 0 Å². The number of aryl methyl sites for hydroxylation is 1. The molecule has 2 aliphatic rings. The van der Waals surface area contributed by atoms with Crippen molar-refractivity contribution in [2.75, 3.05) is 5.32 Å². The average molecular weight is 339 g/mol. The van der Waals surface area contributed by atoms with Crippen molar-refractivity contribution in [1.29, 1.82) is 0 Å². The van der Waals surface area contributed by atoms with Crippen LogP contribution in [0.15, 0.2) is 18.5 Å². The van der Waals surface area contributed by atoms with Gasteiger partial charge >= 0.3 is 0 Å². The van der Waals surface area contributed by atoms with E-state index in [1.807, 2.05) is 19.2 Å².